The maximum absolute atomic E-state index is 9.03. The van der Waals surface area contributed by atoms with Crippen molar-refractivity contribution in [1.82, 2.24) is 10.6 Å². The molecule has 0 aromatic carbocycles. The summed E-state index contributed by atoms with van der Waals surface area (Å²) in [6.07, 6.45) is 2.47. The lowest BCUT2D eigenvalue weighted by Gasteiger charge is -2.25. The average molecular weight is 202 g/mol. The Balaban J connectivity index is 2.10. The van der Waals surface area contributed by atoms with Gasteiger partial charge < -0.3 is 20.5 Å². The van der Waals surface area contributed by atoms with E-state index in [0.717, 1.165) is 25.6 Å². The second-order valence-electron chi connectivity index (χ2n) is 3.94. The monoisotopic (exact) mass is 202 g/mol. The molecule has 1 saturated heterocycles. The predicted molar refractivity (Wildman–Crippen MR) is 56.3 cm³/mol. The molecule has 1 unspecified atom stereocenters. The van der Waals surface area contributed by atoms with Crippen LogP contribution in [-0.2, 0) is 4.74 Å². The smallest absolute Gasteiger partial charge is 0.0638 e. The molecule has 0 amide bonds. The maximum atomic E-state index is 9.03. The first-order chi connectivity index (χ1) is 6.86. The van der Waals surface area contributed by atoms with E-state index in [1.807, 2.05) is 0 Å². The number of methoxy groups -OCH3 is 1. The lowest BCUT2D eigenvalue weighted by Crippen LogP contribution is -2.41. The van der Waals surface area contributed by atoms with Gasteiger partial charge in [-0.2, -0.15) is 0 Å². The lowest BCUT2D eigenvalue weighted by atomic mass is 9.98. The molecule has 1 aliphatic heterocycles. The number of aliphatic hydroxyl groups excluding tert-OH is 1. The summed E-state index contributed by atoms with van der Waals surface area (Å²) in [5.41, 5.74) is 0. The molecular formula is C10H22N2O2. The Morgan fingerprint density at radius 2 is 2.21 bits per heavy atom. The zero-order valence-corrected chi connectivity index (χ0v) is 8.96. The molecule has 4 heteroatoms. The van der Waals surface area contributed by atoms with Gasteiger partial charge in [-0.15, -0.1) is 0 Å². The fourth-order valence-corrected chi connectivity index (χ4v) is 1.80. The van der Waals surface area contributed by atoms with Crippen molar-refractivity contribution in [3.63, 3.8) is 0 Å². The van der Waals surface area contributed by atoms with Crippen molar-refractivity contribution in [2.45, 2.75) is 18.9 Å². The molecule has 0 aromatic rings. The molecule has 4 nitrogen and oxygen atoms in total. The molecule has 0 spiro atoms. The van der Waals surface area contributed by atoms with Crippen LogP contribution >= 0.6 is 0 Å². The van der Waals surface area contributed by atoms with Crippen molar-refractivity contribution in [2.24, 2.45) is 5.92 Å². The molecule has 1 aliphatic rings. The highest BCUT2D eigenvalue weighted by atomic mass is 16.5. The highest BCUT2D eigenvalue weighted by Crippen LogP contribution is 2.09. The summed E-state index contributed by atoms with van der Waals surface area (Å²) in [5.74, 6) is 0.752. The summed E-state index contributed by atoms with van der Waals surface area (Å²) in [7, 11) is 1.66. The number of ether oxygens (including phenoxy) is 1. The minimum atomic E-state index is 0.0925. The van der Waals surface area contributed by atoms with Crippen molar-refractivity contribution in [3.8, 4) is 0 Å². The van der Waals surface area contributed by atoms with E-state index in [0.29, 0.717) is 6.61 Å². The van der Waals surface area contributed by atoms with E-state index in [9.17, 15) is 0 Å². The number of hydrogen-bond donors (Lipinski definition) is 3. The summed E-state index contributed by atoms with van der Waals surface area (Å²) in [6.45, 7) is 3.98. The summed E-state index contributed by atoms with van der Waals surface area (Å²) >= 11 is 0. The Morgan fingerprint density at radius 1 is 1.50 bits per heavy atom. The van der Waals surface area contributed by atoms with Gasteiger partial charge in [-0.05, 0) is 38.4 Å². The standard InChI is InChI=1S/C10H22N2O2/c1-14-8-10(7-13)12-6-9-2-4-11-5-3-9/h9-13H,2-8H2,1H3. The van der Waals surface area contributed by atoms with E-state index in [4.69, 9.17) is 9.84 Å². The van der Waals surface area contributed by atoms with Gasteiger partial charge in [0.1, 0.15) is 0 Å². The van der Waals surface area contributed by atoms with E-state index in [1.54, 1.807) is 7.11 Å². The van der Waals surface area contributed by atoms with Crippen LogP contribution in [0.25, 0.3) is 0 Å². The normalized spacial score (nSPS) is 21.0. The fraction of sp³-hybridized carbons (Fsp3) is 1.00. The topological polar surface area (TPSA) is 53.5 Å². The van der Waals surface area contributed by atoms with E-state index in [2.05, 4.69) is 10.6 Å². The summed E-state index contributed by atoms with van der Waals surface area (Å²) in [4.78, 5) is 0. The predicted octanol–water partition coefficient (Wildman–Crippen LogP) is -0.417. The van der Waals surface area contributed by atoms with Gasteiger partial charge in [-0.25, -0.2) is 0 Å². The third-order valence-electron chi connectivity index (χ3n) is 2.74. The van der Waals surface area contributed by atoms with Crippen molar-refractivity contribution in [2.75, 3.05) is 40.0 Å². The Morgan fingerprint density at radius 3 is 2.79 bits per heavy atom. The van der Waals surface area contributed by atoms with Crippen LogP contribution in [0.2, 0.25) is 0 Å². The molecule has 1 rings (SSSR count). The third-order valence-corrected chi connectivity index (χ3v) is 2.74. The Kier molecular flexibility index (Phi) is 6.10. The Labute approximate surface area is 86.0 Å². The van der Waals surface area contributed by atoms with Crippen molar-refractivity contribution in [1.29, 1.82) is 0 Å². The van der Waals surface area contributed by atoms with Crippen LogP contribution < -0.4 is 10.6 Å². The van der Waals surface area contributed by atoms with Crippen molar-refractivity contribution < 1.29 is 9.84 Å². The van der Waals surface area contributed by atoms with Crippen LogP contribution in [0, 0.1) is 5.92 Å². The lowest BCUT2D eigenvalue weighted by molar-refractivity contribution is 0.125. The molecule has 0 bridgehead atoms. The Hall–Kier alpha value is -0.160. The van der Waals surface area contributed by atoms with Gasteiger partial charge in [0.05, 0.1) is 19.3 Å². The zero-order valence-electron chi connectivity index (χ0n) is 8.96. The average Bonchev–Trinajstić information content (AvgIpc) is 2.25. The minimum absolute atomic E-state index is 0.0925. The second kappa shape index (κ2) is 7.17. The van der Waals surface area contributed by atoms with Gasteiger partial charge in [-0.3, -0.25) is 0 Å². The molecule has 1 atom stereocenters. The van der Waals surface area contributed by atoms with Gasteiger partial charge in [0, 0.05) is 7.11 Å². The van der Waals surface area contributed by atoms with Crippen molar-refractivity contribution >= 4 is 0 Å². The van der Waals surface area contributed by atoms with Crippen LogP contribution in [0.1, 0.15) is 12.8 Å². The van der Waals surface area contributed by atoms with Crippen LogP contribution in [-0.4, -0.2) is 51.1 Å². The zero-order chi connectivity index (χ0) is 10.2. The first kappa shape index (κ1) is 11.9. The Bertz CT molecular complexity index is 133. The van der Waals surface area contributed by atoms with Gasteiger partial charge in [0.2, 0.25) is 0 Å². The SMILES string of the molecule is COCC(CO)NCC1CCNCC1. The summed E-state index contributed by atoms with van der Waals surface area (Å²) in [6, 6.07) is 0.0925. The molecular weight excluding hydrogens is 180 g/mol. The molecule has 0 radical (unpaired) electrons. The summed E-state index contributed by atoms with van der Waals surface area (Å²) < 4.78 is 5.00. The van der Waals surface area contributed by atoms with E-state index in [-0.39, 0.29) is 12.6 Å². The third kappa shape index (κ3) is 4.37. The van der Waals surface area contributed by atoms with Crippen LogP contribution in [0.5, 0.6) is 0 Å². The first-order valence-electron chi connectivity index (χ1n) is 5.40. The molecule has 3 N–H and O–H groups in total. The van der Waals surface area contributed by atoms with Gasteiger partial charge in [-0.1, -0.05) is 0 Å². The van der Waals surface area contributed by atoms with Crippen LogP contribution in [0.15, 0.2) is 0 Å². The highest BCUT2D eigenvalue weighted by Gasteiger charge is 2.14. The first-order valence-corrected chi connectivity index (χ1v) is 5.40. The molecule has 0 aromatic heterocycles. The number of nitrogens with one attached hydrogen (secondary N) is 2. The van der Waals surface area contributed by atoms with Crippen LogP contribution in [0.4, 0.5) is 0 Å². The highest BCUT2D eigenvalue weighted by molar-refractivity contribution is 4.73. The summed E-state index contributed by atoms with van der Waals surface area (Å²) in [5, 5.41) is 15.7. The molecule has 1 heterocycles. The number of piperidine rings is 1. The van der Waals surface area contributed by atoms with E-state index in [1.165, 1.54) is 12.8 Å². The van der Waals surface area contributed by atoms with E-state index >= 15 is 0 Å². The van der Waals surface area contributed by atoms with Gasteiger partial charge >= 0.3 is 0 Å². The molecule has 0 saturated carbocycles. The van der Waals surface area contributed by atoms with Gasteiger partial charge in [0.25, 0.3) is 0 Å². The quantitative estimate of drug-likeness (QED) is 0.548. The molecule has 1 fully saturated rings. The minimum Gasteiger partial charge on any atom is -0.395 e. The molecule has 14 heavy (non-hydrogen) atoms. The fourth-order valence-electron chi connectivity index (χ4n) is 1.80. The second-order valence-corrected chi connectivity index (χ2v) is 3.94. The molecule has 84 valence electrons. The van der Waals surface area contributed by atoms with Crippen molar-refractivity contribution in [3.05, 3.63) is 0 Å². The van der Waals surface area contributed by atoms with Crippen LogP contribution in [0.3, 0.4) is 0 Å². The molecule has 0 aliphatic carbocycles. The number of hydrogen-bond acceptors (Lipinski definition) is 4. The largest absolute Gasteiger partial charge is 0.395 e. The van der Waals surface area contributed by atoms with Gasteiger partial charge in [0.15, 0.2) is 0 Å². The number of aliphatic hydroxyl groups is 1. The maximum Gasteiger partial charge on any atom is 0.0638 e. The number of rotatable bonds is 6. The van der Waals surface area contributed by atoms with E-state index < -0.39 is 0 Å².